The van der Waals surface area contributed by atoms with E-state index in [-0.39, 0.29) is 0 Å². The monoisotopic (exact) mass is 431 g/mol. The number of hydrogen-bond donors (Lipinski definition) is 0. The molecule has 7 nitrogen and oxygen atoms in total. The summed E-state index contributed by atoms with van der Waals surface area (Å²) in [7, 11) is 2.16. The third-order valence-corrected chi connectivity index (χ3v) is 5.10. The molecule has 8 heteroatoms. The molecule has 1 aromatic carbocycles. The lowest BCUT2D eigenvalue weighted by Crippen LogP contribution is -2.37. The first-order chi connectivity index (χ1) is 13.1. The van der Waals surface area contributed by atoms with Gasteiger partial charge in [0.25, 0.3) is 0 Å². The molecule has 0 N–H and O–H groups in total. The van der Waals surface area contributed by atoms with Crippen LogP contribution in [0.2, 0.25) is 0 Å². The molecule has 0 radical (unpaired) electrons. The lowest BCUT2D eigenvalue weighted by Gasteiger charge is -2.33. The van der Waals surface area contributed by atoms with E-state index in [0.717, 1.165) is 23.3 Å². The molecule has 4 rings (SSSR count). The predicted molar refractivity (Wildman–Crippen MR) is 105 cm³/mol. The summed E-state index contributed by atoms with van der Waals surface area (Å²) in [5.41, 5.74) is 1.28. The van der Waals surface area contributed by atoms with E-state index >= 15 is 0 Å². The van der Waals surface area contributed by atoms with Crippen molar-refractivity contribution >= 4 is 22.2 Å². The quantitative estimate of drug-likeness (QED) is 0.588. The maximum atomic E-state index is 10.7. The van der Waals surface area contributed by atoms with Crippen LogP contribution in [0.5, 0.6) is 0 Å². The fraction of sp³-hybridized carbons (Fsp3) is 0.368. The highest BCUT2D eigenvalue weighted by Gasteiger charge is 2.26. The third kappa shape index (κ3) is 4.90. The SMILES string of the molecule is C[C@@H]1CCC(c2nc(Br)co2)CN1C.O=Cc1ccccc1-n1nccn1. The molecular formula is C19H22BrN5O2. The van der Waals surface area contributed by atoms with E-state index in [2.05, 4.69) is 50.0 Å². The van der Waals surface area contributed by atoms with Crippen LogP contribution < -0.4 is 0 Å². The van der Waals surface area contributed by atoms with Crippen LogP contribution in [0.25, 0.3) is 5.69 Å². The molecule has 1 fully saturated rings. The number of hydrogen-bond acceptors (Lipinski definition) is 6. The summed E-state index contributed by atoms with van der Waals surface area (Å²) >= 11 is 3.31. The summed E-state index contributed by atoms with van der Waals surface area (Å²) in [5.74, 6) is 1.33. The van der Waals surface area contributed by atoms with Gasteiger partial charge in [-0.05, 0) is 54.9 Å². The Morgan fingerprint density at radius 2 is 1.96 bits per heavy atom. The molecule has 1 unspecified atom stereocenters. The molecular weight excluding hydrogens is 410 g/mol. The molecule has 27 heavy (non-hydrogen) atoms. The highest BCUT2D eigenvalue weighted by molar-refractivity contribution is 9.10. The number of rotatable bonds is 3. The number of para-hydroxylation sites is 1. The highest BCUT2D eigenvalue weighted by Crippen LogP contribution is 2.29. The fourth-order valence-electron chi connectivity index (χ4n) is 3.05. The van der Waals surface area contributed by atoms with E-state index in [4.69, 9.17) is 4.42 Å². The van der Waals surface area contributed by atoms with Gasteiger partial charge in [0.1, 0.15) is 10.9 Å². The van der Waals surface area contributed by atoms with E-state index in [1.807, 2.05) is 6.07 Å². The van der Waals surface area contributed by atoms with Crippen molar-refractivity contribution < 1.29 is 9.21 Å². The zero-order chi connectivity index (χ0) is 19.2. The maximum Gasteiger partial charge on any atom is 0.199 e. The Bertz CT molecular complexity index is 865. The number of halogens is 1. The van der Waals surface area contributed by atoms with Crippen molar-refractivity contribution in [2.45, 2.75) is 31.7 Å². The molecule has 1 saturated heterocycles. The number of likely N-dealkylation sites (tertiary alicyclic amines) is 1. The largest absolute Gasteiger partial charge is 0.447 e. The van der Waals surface area contributed by atoms with Gasteiger partial charge in [-0.3, -0.25) is 4.79 Å². The standard InChI is InChI=1S/C10H15BrN2O.C9H7N3O/c1-7-3-4-8(5-13(7)2)10-12-9(11)6-14-10;13-7-8-3-1-2-4-9(8)12-10-5-6-11-12/h6-8H,3-5H2,1-2H3;1-7H/t7-,8?;/m1./s1. The number of oxazole rings is 1. The molecule has 3 aromatic rings. The first-order valence-corrected chi connectivity index (χ1v) is 9.60. The molecule has 2 aromatic heterocycles. The summed E-state index contributed by atoms with van der Waals surface area (Å²) in [6, 6.07) is 7.85. The van der Waals surface area contributed by atoms with Crippen LogP contribution in [-0.4, -0.2) is 50.8 Å². The van der Waals surface area contributed by atoms with Gasteiger partial charge in [0, 0.05) is 24.1 Å². The van der Waals surface area contributed by atoms with Gasteiger partial charge in [0.15, 0.2) is 12.2 Å². The Labute approximate surface area is 166 Å². The molecule has 142 valence electrons. The van der Waals surface area contributed by atoms with E-state index in [0.29, 0.717) is 23.2 Å². The zero-order valence-corrected chi connectivity index (χ0v) is 16.9. The van der Waals surface area contributed by atoms with Gasteiger partial charge in [-0.2, -0.15) is 15.0 Å². The van der Waals surface area contributed by atoms with Gasteiger partial charge in [-0.1, -0.05) is 12.1 Å². The van der Waals surface area contributed by atoms with Crippen LogP contribution in [0.15, 0.2) is 51.9 Å². The first kappa shape index (κ1) is 19.4. The number of piperidine rings is 1. The minimum Gasteiger partial charge on any atom is -0.447 e. The van der Waals surface area contributed by atoms with Crippen molar-refractivity contribution in [2.24, 2.45) is 0 Å². The van der Waals surface area contributed by atoms with Gasteiger partial charge >= 0.3 is 0 Å². The summed E-state index contributed by atoms with van der Waals surface area (Å²) in [4.78, 5) is 18.8. The molecule has 0 aliphatic carbocycles. The van der Waals surface area contributed by atoms with Crippen molar-refractivity contribution in [3.63, 3.8) is 0 Å². The minimum absolute atomic E-state index is 0.461. The number of aromatic nitrogens is 4. The molecule has 0 amide bonds. The Kier molecular flexibility index (Phi) is 6.52. The van der Waals surface area contributed by atoms with E-state index in [1.165, 1.54) is 17.6 Å². The van der Waals surface area contributed by atoms with Crippen LogP contribution in [0.4, 0.5) is 0 Å². The molecule has 1 aliphatic heterocycles. The van der Waals surface area contributed by atoms with Crippen molar-refractivity contribution in [1.82, 2.24) is 24.9 Å². The van der Waals surface area contributed by atoms with Crippen LogP contribution in [0.1, 0.15) is 41.9 Å². The highest BCUT2D eigenvalue weighted by atomic mass is 79.9. The van der Waals surface area contributed by atoms with Crippen LogP contribution >= 0.6 is 15.9 Å². The van der Waals surface area contributed by atoms with Gasteiger partial charge in [-0.15, -0.1) is 0 Å². The second kappa shape index (κ2) is 9.05. The number of likely N-dealkylation sites (N-methyl/N-ethyl adjacent to an activating group) is 1. The number of nitrogens with zero attached hydrogens (tertiary/aromatic N) is 5. The van der Waals surface area contributed by atoms with Gasteiger partial charge in [0.05, 0.1) is 18.1 Å². The van der Waals surface area contributed by atoms with Crippen molar-refractivity contribution in [3.05, 3.63) is 59.0 Å². The van der Waals surface area contributed by atoms with E-state index in [1.54, 1.807) is 36.9 Å². The normalized spacial score (nSPS) is 20.0. The van der Waals surface area contributed by atoms with Crippen molar-refractivity contribution in [1.29, 1.82) is 0 Å². The minimum atomic E-state index is 0.461. The lowest BCUT2D eigenvalue weighted by atomic mass is 9.94. The lowest BCUT2D eigenvalue weighted by molar-refractivity contribution is 0.112. The van der Waals surface area contributed by atoms with Crippen LogP contribution in [-0.2, 0) is 0 Å². The molecule has 0 spiro atoms. The zero-order valence-electron chi connectivity index (χ0n) is 15.3. The maximum absolute atomic E-state index is 10.7. The van der Waals surface area contributed by atoms with Crippen molar-refractivity contribution in [2.75, 3.05) is 13.6 Å². The summed E-state index contributed by atoms with van der Waals surface area (Å²) in [5, 5.41) is 7.88. The number of benzene rings is 1. The van der Waals surface area contributed by atoms with Gasteiger partial charge < -0.3 is 9.32 Å². The summed E-state index contributed by atoms with van der Waals surface area (Å²) in [6.07, 6.45) is 7.99. The van der Waals surface area contributed by atoms with Gasteiger partial charge in [-0.25, -0.2) is 4.98 Å². The Balaban J connectivity index is 0.000000156. The molecule has 3 heterocycles. The molecule has 0 saturated carbocycles. The summed E-state index contributed by atoms with van der Waals surface area (Å²) in [6.45, 7) is 3.32. The average Bonchev–Trinajstić information content (AvgIpc) is 3.36. The average molecular weight is 432 g/mol. The first-order valence-electron chi connectivity index (χ1n) is 8.80. The van der Waals surface area contributed by atoms with Crippen LogP contribution in [0.3, 0.4) is 0 Å². The fourth-order valence-corrected chi connectivity index (χ4v) is 3.32. The topological polar surface area (TPSA) is 77.0 Å². The molecule has 1 aliphatic rings. The molecule has 0 bridgehead atoms. The summed E-state index contributed by atoms with van der Waals surface area (Å²) < 4.78 is 6.20. The van der Waals surface area contributed by atoms with Crippen molar-refractivity contribution in [3.8, 4) is 5.69 Å². The number of aldehydes is 1. The predicted octanol–water partition coefficient (Wildman–Crippen LogP) is 3.71. The second-order valence-corrected chi connectivity index (χ2v) is 7.38. The van der Waals surface area contributed by atoms with Crippen LogP contribution in [0, 0.1) is 0 Å². The molecule has 2 atom stereocenters. The second-order valence-electron chi connectivity index (χ2n) is 6.57. The third-order valence-electron chi connectivity index (χ3n) is 4.73. The van der Waals surface area contributed by atoms with E-state index < -0.39 is 0 Å². The number of carbonyl (C=O) groups is 1. The van der Waals surface area contributed by atoms with E-state index in [9.17, 15) is 4.79 Å². The Morgan fingerprint density at radius 1 is 1.22 bits per heavy atom. The Morgan fingerprint density at radius 3 is 2.59 bits per heavy atom. The number of carbonyl (C=O) groups excluding carboxylic acids is 1. The Hall–Kier alpha value is -2.32. The van der Waals surface area contributed by atoms with Gasteiger partial charge in [0.2, 0.25) is 0 Å². The smallest absolute Gasteiger partial charge is 0.199 e.